The molecule has 1 aromatic carbocycles. The third-order valence-electron chi connectivity index (χ3n) is 3.29. The quantitative estimate of drug-likeness (QED) is 0.761. The zero-order valence-corrected chi connectivity index (χ0v) is 11.2. The summed E-state index contributed by atoms with van der Waals surface area (Å²) in [6.45, 7) is 2.55. The first-order valence-corrected chi connectivity index (χ1v) is 6.39. The van der Waals surface area contributed by atoms with E-state index in [1.165, 1.54) is 6.33 Å². The molecule has 0 atom stereocenters. The summed E-state index contributed by atoms with van der Waals surface area (Å²) in [6, 6.07) is 10.1. The van der Waals surface area contributed by atoms with Gasteiger partial charge in [0.1, 0.15) is 18.0 Å². The number of nitrogens with two attached hydrogens (primary N) is 1. The molecule has 0 aliphatic rings. The van der Waals surface area contributed by atoms with Crippen LogP contribution in [0.3, 0.4) is 0 Å². The topological polar surface area (TPSA) is 76.7 Å². The van der Waals surface area contributed by atoms with Crippen LogP contribution >= 0.6 is 0 Å². The summed E-state index contributed by atoms with van der Waals surface area (Å²) < 4.78 is 0. The van der Waals surface area contributed by atoms with Crippen LogP contribution in [0.4, 0.5) is 11.6 Å². The van der Waals surface area contributed by atoms with E-state index in [4.69, 9.17) is 5.73 Å². The van der Waals surface area contributed by atoms with Gasteiger partial charge in [0.2, 0.25) is 0 Å². The van der Waals surface area contributed by atoms with Crippen LogP contribution in [0.25, 0.3) is 10.9 Å². The maximum Gasteiger partial charge on any atom is 0.134 e. The van der Waals surface area contributed by atoms with Gasteiger partial charge in [-0.2, -0.15) is 0 Å². The fraction of sp³-hybridized carbons (Fsp3) is 0.133. The van der Waals surface area contributed by atoms with Crippen LogP contribution in [-0.4, -0.2) is 15.0 Å². The molecule has 0 unspecified atom stereocenters. The van der Waals surface area contributed by atoms with Crippen molar-refractivity contribution in [2.45, 2.75) is 13.5 Å². The molecule has 2 aromatic heterocycles. The Kier molecular flexibility index (Phi) is 3.16. The van der Waals surface area contributed by atoms with Crippen molar-refractivity contribution < 1.29 is 0 Å². The lowest BCUT2D eigenvalue weighted by Crippen LogP contribution is -2.06. The molecule has 0 saturated heterocycles. The minimum atomic E-state index is 0.499. The second-order valence-corrected chi connectivity index (χ2v) is 4.58. The molecule has 20 heavy (non-hydrogen) atoms. The van der Waals surface area contributed by atoms with Crippen molar-refractivity contribution in [2.24, 2.45) is 0 Å². The normalized spacial score (nSPS) is 10.7. The highest BCUT2D eigenvalue weighted by Gasteiger charge is 2.05. The Hall–Kier alpha value is -2.69. The molecule has 0 spiro atoms. The maximum absolute atomic E-state index is 5.78. The summed E-state index contributed by atoms with van der Waals surface area (Å²) >= 11 is 0. The Bertz CT molecular complexity index is 749. The van der Waals surface area contributed by atoms with Crippen LogP contribution in [0.1, 0.15) is 11.1 Å². The second kappa shape index (κ2) is 5.13. The van der Waals surface area contributed by atoms with Crippen molar-refractivity contribution in [3.63, 3.8) is 0 Å². The van der Waals surface area contributed by atoms with E-state index >= 15 is 0 Å². The van der Waals surface area contributed by atoms with Gasteiger partial charge in [-0.25, -0.2) is 9.97 Å². The van der Waals surface area contributed by atoms with Gasteiger partial charge in [-0.3, -0.25) is 4.98 Å². The van der Waals surface area contributed by atoms with E-state index in [2.05, 4.69) is 38.5 Å². The highest BCUT2D eigenvalue weighted by Crippen LogP contribution is 2.19. The van der Waals surface area contributed by atoms with Crippen LogP contribution in [0.5, 0.6) is 0 Å². The Morgan fingerprint density at radius 3 is 2.85 bits per heavy atom. The fourth-order valence-corrected chi connectivity index (χ4v) is 2.13. The van der Waals surface area contributed by atoms with Crippen molar-refractivity contribution in [1.82, 2.24) is 15.0 Å². The molecule has 0 saturated carbocycles. The molecular formula is C15H15N5. The molecule has 3 N–H and O–H groups in total. The molecule has 5 nitrogen and oxygen atoms in total. The molecule has 100 valence electrons. The van der Waals surface area contributed by atoms with Crippen LogP contribution in [-0.2, 0) is 6.54 Å². The molecule has 0 aliphatic heterocycles. The van der Waals surface area contributed by atoms with Crippen molar-refractivity contribution in [1.29, 1.82) is 0 Å². The van der Waals surface area contributed by atoms with Crippen molar-refractivity contribution >= 4 is 22.5 Å². The number of para-hydroxylation sites is 1. The summed E-state index contributed by atoms with van der Waals surface area (Å²) in [4.78, 5) is 12.6. The number of nitrogens with zero attached hydrogens (tertiary/aromatic N) is 3. The van der Waals surface area contributed by atoms with Gasteiger partial charge in [0.05, 0.1) is 5.52 Å². The van der Waals surface area contributed by atoms with Gasteiger partial charge in [-0.1, -0.05) is 24.3 Å². The summed E-state index contributed by atoms with van der Waals surface area (Å²) in [5.41, 5.74) is 8.77. The van der Waals surface area contributed by atoms with Crippen LogP contribution in [0.15, 0.2) is 42.9 Å². The molecule has 3 rings (SSSR count). The van der Waals surface area contributed by atoms with Gasteiger partial charge >= 0.3 is 0 Å². The lowest BCUT2D eigenvalue weighted by molar-refractivity contribution is 1.07. The van der Waals surface area contributed by atoms with E-state index in [9.17, 15) is 0 Å². The number of nitrogens with one attached hydrogen (secondary N) is 1. The van der Waals surface area contributed by atoms with Crippen LogP contribution in [0, 0.1) is 6.92 Å². The predicted molar refractivity (Wildman–Crippen MR) is 80.3 cm³/mol. The number of anilines is 2. The zero-order valence-electron chi connectivity index (χ0n) is 11.2. The number of fused-ring (bicyclic) bond motifs is 1. The van der Waals surface area contributed by atoms with Gasteiger partial charge in [0.15, 0.2) is 0 Å². The monoisotopic (exact) mass is 265 g/mol. The minimum absolute atomic E-state index is 0.499. The zero-order chi connectivity index (χ0) is 13.9. The van der Waals surface area contributed by atoms with E-state index in [0.717, 1.165) is 27.8 Å². The van der Waals surface area contributed by atoms with E-state index in [1.54, 1.807) is 6.20 Å². The summed E-state index contributed by atoms with van der Waals surface area (Å²) in [7, 11) is 0. The van der Waals surface area contributed by atoms with E-state index in [0.29, 0.717) is 12.4 Å². The predicted octanol–water partition coefficient (Wildman–Crippen LogP) is 2.53. The van der Waals surface area contributed by atoms with Crippen LogP contribution in [0.2, 0.25) is 0 Å². The first kappa shape index (κ1) is 12.3. The number of hydrogen-bond acceptors (Lipinski definition) is 5. The number of rotatable bonds is 3. The largest absolute Gasteiger partial charge is 0.383 e. The second-order valence-electron chi connectivity index (χ2n) is 4.58. The van der Waals surface area contributed by atoms with Gasteiger partial charge < -0.3 is 11.1 Å². The third kappa shape index (κ3) is 2.25. The summed E-state index contributed by atoms with van der Waals surface area (Å²) in [6.07, 6.45) is 3.27. The number of aromatic nitrogens is 3. The average molecular weight is 265 g/mol. The molecule has 5 heteroatoms. The minimum Gasteiger partial charge on any atom is -0.383 e. The lowest BCUT2D eigenvalue weighted by Gasteiger charge is -2.10. The smallest absolute Gasteiger partial charge is 0.134 e. The van der Waals surface area contributed by atoms with Gasteiger partial charge in [-0.05, 0) is 18.6 Å². The summed E-state index contributed by atoms with van der Waals surface area (Å²) in [5.74, 6) is 1.25. The standard InChI is InChI=1S/C15H15N5/c1-10-14(16)19-9-20-15(10)18-8-12-5-2-4-11-6-3-7-17-13(11)12/h2-7,9H,8H2,1H3,(H3,16,18,19,20). The molecule has 0 fully saturated rings. The van der Waals surface area contributed by atoms with Crippen molar-refractivity contribution in [2.75, 3.05) is 11.1 Å². The SMILES string of the molecule is Cc1c(N)ncnc1NCc1cccc2cccnc12. The van der Waals surface area contributed by atoms with E-state index in [-0.39, 0.29) is 0 Å². The Morgan fingerprint density at radius 2 is 1.95 bits per heavy atom. The first-order valence-electron chi connectivity index (χ1n) is 6.39. The number of pyridine rings is 1. The number of hydrogen-bond donors (Lipinski definition) is 2. The molecule has 3 aromatic rings. The average Bonchev–Trinajstić information content (AvgIpc) is 2.49. The summed E-state index contributed by atoms with van der Waals surface area (Å²) in [5, 5.41) is 4.42. The maximum atomic E-state index is 5.78. The molecule has 0 aliphatic carbocycles. The molecular weight excluding hydrogens is 250 g/mol. The third-order valence-corrected chi connectivity index (χ3v) is 3.29. The highest BCUT2D eigenvalue weighted by atomic mass is 15.0. The number of benzene rings is 1. The Labute approximate surface area is 116 Å². The number of nitrogen functional groups attached to an aromatic ring is 1. The van der Waals surface area contributed by atoms with Crippen molar-refractivity contribution in [3.8, 4) is 0 Å². The van der Waals surface area contributed by atoms with E-state index in [1.807, 2.05) is 19.1 Å². The molecule has 0 bridgehead atoms. The van der Waals surface area contributed by atoms with Gasteiger partial charge in [0, 0.05) is 23.7 Å². The fourth-order valence-electron chi connectivity index (χ4n) is 2.13. The lowest BCUT2D eigenvalue weighted by atomic mass is 10.1. The molecule has 2 heterocycles. The highest BCUT2D eigenvalue weighted by molar-refractivity contribution is 5.81. The van der Waals surface area contributed by atoms with Crippen LogP contribution < -0.4 is 11.1 Å². The molecule has 0 radical (unpaired) electrons. The van der Waals surface area contributed by atoms with Gasteiger partial charge in [-0.15, -0.1) is 0 Å². The Morgan fingerprint density at radius 1 is 1.10 bits per heavy atom. The van der Waals surface area contributed by atoms with Crippen molar-refractivity contribution in [3.05, 3.63) is 54.0 Å². The van der Waals surface area contributed by atoms with Gasteiger partial charge in [0.25, 0.3) is 0 Å². The molecule has 0 amide bonds. The Balaban J connectivity index is 1.89. The van der Waals surface area contributed by atoms with E-state index < -0.39 is 0 Å². The first-order chi connectivity index (χ1) is 9.75.